The van der Waals surface area contributed by atoms with Gasteiger partial charge in [-0.15, -0.1) is 0 Å². The number of aliphatic hydroxyl groups is 2. The van der Waals surface area contributed by atoms with Crippen LogP contribution in [0.4, 0.5) is 22.7 Å². The zero-order valence-corrected chi connectivity index (χ0v) is 29.4. The third kappa shape index (κ3) is 6.43. The molecule has 8 nitrogen and oxygen atoms in total. The number of anilines is 4. The van der Waals surface area contributed by atoms with Crippen LogP contribution in [0.3, 0.4) is 0 Å². The highest BCUT2D eigenvalue weighted by Gasteiger charge is 2.61. The normalized spacial score (nSPS) is 17.8. The second-order valence-electron chi connectivity index (χ2n) is 13.8. The summed E-state index contributed by atoms with van der Waals surface area (Å²) in [7, 11) is 15.9. The molecule has 4 aromatic rings. The molecule has 1 saturated heterocycles. The summed E-state index contributed by atoms with van der Waals surface area (Å²) in [4.78, 5) is 8.07. The molecule has 1 heterocycles. The maximum atomic E-state index is 13.2. The van der Waals surface area contributed by atoms with Gasteiger partial charge in [0.15, 0.2) is 5.79 Å². The number of hydrogen-bond donors (Lipinski definition) is 2. The molecule has 5 rings (SSSR count). The van der Waals surface area contributed by atoms with Crippen LogP contribution in [-0.2, 0) is 20.7 Å². The zero-order valence-electron chi connectivity index (χ0n) is 29.4. The maximum Gasteiger partial charge on any atom is 0.164 e. The van der Waals surface area contributed by atoms with Gasteiger partial charge in [-0.1, -0.05) is 48.5 Å². The summed E-state index contributed by atoms with van der Waals surface area (Å²) in [5, 5.41) is 26.5. The van der Waals surface area contributed by atoms with Crippen LogP contribution in [0, 0.1) is 0 Å². The van der Waals surface area contributed by atoms with Gasteiger partial charge in [-0.2, -0.15) is 0 Å². The van der Waals surface area contributed by atoms with Crippen molar-refractivity contribution in [3.63, 3.8) is 0 Å². The van der Waals surface area contributed by atoms with Crippen molar-refractivity contribution in [2.75, 3.05) is 76.0 Å². The Labute approximate surface area is 280 Å². The molecule has 1 aliphatic heterocycles. The minimum Gasteiger partial charge on any atom is -0.378 e. The fourth-order valence-electron chi connectivity index (χ4n) is 6.42. The van der Waals surface area contributed by atoms with Crippen LogP contribution in [0.15, 0.2) is 97.1 Å². The van der Waals surface area contributed by atoms with Crippen LogP contribution in [0.1, 0.15) is 36.1 Å². The van der Waals surface area contributed by atoms with Crippen molar-refractivity contribution in [1.29, 1.82) is 0 Å². The summed E-state index contributed by atoms with van der Waals surface area (Å²) >= 11 is 0. The summed E-state index contributed by atoms with van der Waals surface area (Å²) in [6, 6.07) is 31.3. The minimum absolute atomic E-state index is 0.630. The molecule has 0 aliphatic carbocycles. The largest absolute Gasteiger partial charge is 0.378 e. The molecule has 0 amide bonds. The van der Waals surface area contributed by atoms with E-state index in [0.717, 1.165) is 22.7 Å². The van der Waals surface area contributed by atoms with Gasteiger partial charge in [-0.3, -0.25) is 0 Å². The van der Waals surface area contributed by atoms with E-state index in [-0.39, 0.29) is 0 Å². The highest BCUT2D eigenvalue weighted by atomic mass is 16.8. The van der Waals surface area contributed by atoms with E-state index in [4.69, 9.17) is 9.47 Å². The third-order valence-electron chi connectivity index (χ3n) is 9.22. The topological polar surface area (TPSA) is 71.9 Å². The van der Waals surface area contributed by atoms with E-state index < -0.39 is 29.2 Å². The first kappa shape index (κ1) is 34.3. The van der Waals surface area contributed by atoms with Crippen LogP contribution in [0.25, 0.3) is 0 Å². The van der Waals surface area contributed by atoms with Crippen molar-refractivity contribution in [3.05, 3.63) is 119 Å². The van der Waals surface area contributed by atoms with Crippen molar-refractivity contribution < 1.29 is 19.7 Å². The smallest absolute Gasteiger partial charge is 0.164 e. The van der Waals surface area contributed by atoms with Crippen LogP contribution in [-0.4, -0.2) is 84.6 Å². The molecule has 1 aliphatic rings. The molecule has 8 heteroatoms. The zero-order chi connectivity index (χ0) is 34.3. The van der Waals surface area contributed by atoms with Gasteiger partial charge < -0.3 is 39.3 Å². The van der Waals surface area contributed by atoms with E-state index >= 15 is 0 Å². The van der Waals surface area contributed by atoms with Gasteiger partial charge >= 0.3 is 0 Å². The van der Waals surface area contributed by atoms with Crippen molar-refractivity contribution in [2.45, 2.75) is 43.0 Å². The van der Waals surface area contributed by atoms with Crippen molar-refractivity contribution in [3.8, 4) is 0 Å². The Hall–Kier alpha value is -4.08. The van der Waals surface area contributed by atoms with Crippen LogP contribution in [0.2, 0.25) is 0 Å². The fraction of sp³-hybridized carbons (Fsp3) is 0.385. The van der Waals surface area contributed by atoms with Gasteiger partial charge in [0.05, 0.1) is 0 Å². The molecule has 4 aromatic carbocycles. The lowest BCUT2D eigenvalue weighted by Crippen LogP contribution is -2.55. The number of ether oxygens (including phenoxy) is 2. The maximum absolute atomic E-state index is 13.2. The molecule has 250 valence electrons. The lowest BCUT2D eigenvalue weighted by Gasteiger charge is -2.43. The average Bonchev–Trinajstić information content (AvgIpc) is 3.40. The first-order valence-corrected chi connectivity index (χ1v) is 16.0. The SMILES string of the molecule is CN(C)c1ccc(C(O)(c2ccc(N(C)C)cc2)[C@@H]2OC(C)(C)O[C@H]2C(O)(c2ccc(N(C)C)cc2)c2ccc(N(C)C)cc2)cc1. The molecule has 47 heavy (non-hydrogen) atoms. The Morgan fingerprint density at radius 1 is 0.426 bits per heavy atom. The molecule has 0 radical (unpaired) electrons. The predicted molar refractivity (Wildman–Crippen MR) is 193 cm³/mol. The first-order chi connectivity index (χ1) is 22.1. The van der Waals surface area contributed by atoms with Crippen LogP contribution in [0.5, 0.6) is 0 Å². The molecule has 0 spiro atoms. The van der Waals surface area contributed by atoms with Gasteiger partial charge in [0.25, 0.3) is 0 Å². The van der Waals surface area contributed by atoms with Crippen molar-refractivity contribution in [1.82, 2.24) is 0 Å². The van der Waals surface area contributed by atoms with E-state index in [1.807, 2.05) is 187 Å². The van der Waals surface area contributed by atoms with Crippen molar-refractivity contribution >= 4 is 22.7 Å². The Balaban J connectivity index is 1.76. The molecule has 0 aromatic heterocycles. The van der Waals surface area contributed by atoms with E-state index in [2.05, 4.69) is 0 Å². The summed E-state index contributed by atoms with van der Waals surface area (Å²) in [5.41, 5.74) is 3.09. The Bertz CT molecular complexity index is 1400. The van der Waals surface area contributed by atoms with E-state index in [9.17, 15) is 10.2 Å². The van der Waals surface area contributed by atoms with Gasteiger partial charge in [0.2, 0.25) is 0 Å². The Morgan fingerprint density at radius 2 is 0.617 bits per heavy atom. The molecule has 0 saturated carbocycles. The second-order valence-corrected chi connectivity index (χ2v) is 13.8. The highest BCUT2D eigenvalue weighted by molar-refractivity contribution is 5.55. The summed E-state index contributed by atoms with van der Waals surface area (Å²) in [6.07, 6.45) is -2.06. The predicted octanol–water partition coefficient (Wildman–Crippen LogP) is 5.64. The highest BCUT2D eigenvalue weighted by Crippen LogP contribution is 2.51. The molecule has 2 atom stereocenters. The molecule has 0 bridgehead atoms. The van der Waals surface area contributed by atoms with Crippen LogP contribution < -0.4 is 19.6 Å². The molecule has 0 unspecified atom stereocenters. The molecular weight excluding hydrogens is 588 g/mol. The van der Waals surface area contributed by atoms with Gasteiger partial charge in [0.1, 0.15) is 23.4 Å². The van der Waals surface area contributed by atoms with Gasteiger partial charge in [-0.25, -0.2) is 0 Å². The lowest BCUT2D eigenvalue weighted by atomic mass is 9.72. The monoisotopic (exact) mass is 638 g/mol. The number of rotatable bonds is 10. The van der Waals surface area contributed by atoms with Crippen molar-refractivity contribution in [2.24, 2.45) is 0 Å². The summed E-state index contributed by atoms with van der Waals surface area (Å²) in [6.45, 7) is 3.66. The average molecular weight is 639 g/mol. The number of hydrogen-bond acceptors (Lipinski definition) is 8. The van der Waals surface area contributed by atoms with Crippen LogP contribution >= 0.6 is 0 Å². The number of benzene rings is 4. The first-order valence-electron chi connectivity index (χ1n) is 16.0. The standard InChI is InChI=1S/C39H50N4O4/c1-37(2)46-35(38(44,27-11-19-31(20-12-27)40(3)4)28-13-21-32(22-14-28)41(5)6)36(47-37)39(45,29-15-23-33(24-16-29)42(7)8)30-17-25-34(26-18-30)43(9)10/h11-26,35-36,44-45H,1-10H3/t35-,36-/m1/s1. The molecule has 2 N–H and O–H groups in total. The lowest BCUT2D eigenvalue weighted by molar-refractivity contribution is -0.172. The Morgan fingerprint density at radius 3 is 0.787 bits per heavy atom. The Kier molecular flexibility index (Phi) is 9.36. The minimum atomic E-state index is -1.71. The van der Waals surface area contributed by atoms with E-state index in [1.54, 1.807) is 0 Å². The summed E-state index contributed by atoms with van der Waals surface area (Å²) in [5.74, 6) is -1.13. The molecule has 1 fully saturated rings. The fourth-order valence-corrected chi connectivity index (χ4v) is 6.42. The van der Waals surface area contributed by atoms with Gasteiger partial charge in [0, 0.05) is 79.1 Å². The number of nitrogens with zero attached hydrogens (tertiary/aromatic N) is 4. The summed E-state index contributed by atoms with van der Waals surface area (Å²) < 4.78 is 13.5. The quantitative estimate of drug-likeness (QED) is 0.231. The van der Waals surface area contributed by atoms with E-state index in [1.165, 1.54) is 0 Å². The van der Waals surface area contributed by atoms with Gasteiger partial charge in [-0.05, 0) is 84.6 Å². The third-order valence-corrected chi connectivity index (χ3v) is 9.22. The molecular formula is C39H50N4O4. The van der Waals surface area contributed by atoms with E-state index in [0.29, 0.717) is 22.3 Å². The second kappa shape index (κ2) is 12.8.